The second kappa shape index (κ2) is 4.96. The number of rotatable bonds is 0. The maximum absolute atomic E-state index is 10.1. The van der Waals surface area contributed by atoms with Crippen LogP contribution in [0, 0.1) is 34.5 Å². The Labute approximate surface area is 134 Å². The fraction of sp³-hybridized carbons (Fsp3) is 0.947. The molecule has 4 saturated carbocycles. The van der Waals surface area contributed by atoms with Crippen LogP contribution in [0.2, 0.25) is 0 Å². The second-order valence-electron chi connectivity index (χ2n) is 9.30. The predicted molar refractivity (Wildman–Crippen MR) is 89.4 cm³/mol. The molecule has 0 aliphatic heterocycles. The zero-order chi connectivity index (χ0) is 15.5. The number of hydrazone groups is 1. The molecule has 0 amide bonds. The van der Waals surface area contributed by atoms with Crippen molar-refractivity contribution in [2.24, 2.45) is 45.4 Å². The first kappa shape index (κ1) is 15.0. The monoisotopic (exact) mass is 304 g/mol. The lowest BCUT2D eigenvalue weighted by atomic mass is 9.44. The standard InChI is InChI=1S/C19H32N2O/c1-18-8-3-4-15(18)14-6-5-12-10-13(22)7-9-19(12,2)17(14)16(11-18)21-20/h12-15,17,22H,3-11,20H2,1-2H3/b21-16-/t12-,13-,14-,15-,17+,18-,19-/m0/s1. The first-order chi connectivity index (χ1) is 10.5. The number of hydrogen-bond donors (Lipinski definition) is 2. The molecule has 0 saturated heterocycles. The van der Waals surface area contributed by atoms with Gasteiger partial charge in [0.1, 0.15) is 0 Å². The summed E-state index contributed by atoms with van der Waals surface area (Å²) in [5.74, 6) is 8.82. The number of nitrogens with two attached hydrogens (primary N) is 1. The average Bonchev–Trinajstić information content (AvgIpc) is 2.88. The summed E-state index contributed by atoms with van der Waals surface area (Å²) in [6.07, 6.45) is 11.0. The van der Waals surface area contributed by atoms with E-state index in [-0.39, 0.29) is 6.10 Å². The Bertz CT molecular complexity index is 490. The van der Waals surface area contributed by atoms with Gasteiger partial charge in [0.15, 0.2) is 0 Å². The maximum atomic E-state index is 10.1. The summed E-state index contributed by atoms with van der Waals surface area (Å²) < 4.78 is 0. The molecule has 3 nitrogen and oxygen atoms in total. The highest BCUT2D eigenvalue weighted by Crippen LogP contribution is 2.65. The van der Waals surface area contributed by atoms with Crippen LogP contribution in [0.4, 0.5) is 0 Å². The van der Waals surface area contributed by atoms with Crippen molar-refractivity contribution in [1.29, 1.82) is 0 Å². The number of aliphatic hydroxyl groups is 1. The van der Waals surface area contributed by atoms with Crippen LogP contribution >= 0.6 is 0 Å². The minimum Gasteiger partial charge on any atom is -0.393 e. The molecule has 0 aromatic heterocycles. The summed E-state index contributed by atoms with van der Waals surface area (Å²) >= 11 is 0. The van der Waals surface area contributed by atoms with Crippen molar-refractivity contribution in [2.75, 3.05) is 0 Å². The molecule has 0 bridgehead atoms. The lowest BCUT2D eigenvalue weighted by Gasteiger charge is -2.60. The molecule has 22 heavy (non-hydrogen) atoms. The lowest BCUT2D eigenvalue weighted by molar-refractivity contribution is -0.0788. The molecular weight excluding hydrogens is 272 g/mol. The largest absolute Gasteiger partial charge is 0.393 e. The highest BCUT2D eigenvalue weighted by Gasteiger charge is 2.60. The van der Waals surface area contributed by atoms with Crippen LogP contribution in [0.5, 0.6) is 0 Å². The Morgan fingerprint density at radius 3 is 2.73 bits per heavy atom. The minimum absolute atomic E-state index is 0.0757. The molecule has 0 aromatic rings. The normalized spacial score (nSPS) is 56.3. The summed E-state index contributed by atoms with van der Waals surface area (Å²) in [6, 6.07) is 0. The van der Waals surface area contributed by atoms with Gasteiger partial charge in [-0.05, 0) is 80.0 Å². The third-order valence-corrected chi connectivity index (χ3v) is 8.28. The van der Waals surface area contributed by atoms with Crippen LogP contribution in [-0.4, -0.2) is 16.9 Å². The fourth-order valence-electron chi connectivity index (χ4n) is 7.22. The van der Waals surface area contributed by atoms with Crippen LogP contribution in [0.25, 0.3) is 0 Å². The topological polar surface area (TPSA) is 58.6 Å². The van der Waals surface area contributed by atoms with Gasteiger partial charge in [-0.1, -0.05) is 20.3 Å². The quantitative estimate of drug-likeness (QED) is 0.529. The third-order valence-electron chi connectivity index (χ3n) is 8.28. The summed E-state index contributed by atoms with van der Waals surface area (Å²) in [4.78, 5) is 0. The van der Waals surface area contributed by atoms with Crippen molar-refractivity contribution in [3.05, 3.63) is 0 Å². The van der Waals surface area contributed by atoms with E-state index < -0.39 is 0 Å². The van der Waals surface area contributed by atoms with E-state index in [4.69, 9.17) is 5.84 Å². The van der Waals surface area contributed by atoms with Crippen LogP contribution in [0.1, 0.15) is 71.6 Å². The Morgan fingerprint density at radius 2 is 1.95 bits per heavy atom. The van der Waals surface area contributed by atoms with E-state index in [9.17, 15) is 5.11 Å². The van der Waals surface area contributed by atoms with Crippen LogP contribution < -0.4 is 5.84 Å². The summed E-state index contributed by atoms with van der Waals surface area (Å²) in [5.41, 5.74) is 2.09. The van der Waals surface area contributed by atoms with Crippen molar-refractivity contribution in [3.8, 4) is 0 Å². The van der Waals surface area contributed by atoms with E-state index >= 15 is 0 Å². The van der Waals surface area contributed by atoms with Crippen molar-refractivity contribution >= 4 is 5.71 Å². The van der Waals surface area contributed by atoms with Crippen molar-refractivity contribution < 1.29 is 5.11 Å². The fourth-order valence-corrected chi connectivity index (χ4v) is 7.22. The molecule has 0 unspecified atom stereocenters. The van der Waals surface area contributed by atoms with E-state index in [1.54, 1.807) is 0 Å². The van der Waals surface area contributed by atoms with Gasteiger partial charge in [-0.3, -0.25) is 0 Å². The molecule has 4 aliphatic carbocycles. The Kier molecular flexibility index (Phi) is 3.38. The predicted octanol–water partition coefficient (Wildman–Crippen LogP) is 3.70. The van der Waals surface area contributed by atoms with Crippen LogP contribution in [0.3, 0.4) is 0 Å². The summed E-state index contributed by atoms with van der Waals surface area (Å²) in [7, 11) is 0. The van der Waals surface area contributed by atoms with E-state index in [1.807, 2.05) is 0 Å². The smallest absolute Gasteiger partial charge is 0.0543 e. The lowest BCUT2D eigenvalue weighted by Crippen LogP contribution is -2.57. The van der Waals surface area contributed by atoms with Gasteiger partial charge in [0, 0.05) is 11.6 Å². The van der Waals surface area contributed by atoms with Gasteiger partial charge in [0.2, 0.25) is 0 Å². The zero-order valence-electron chi connectivity index (χ0n) is 14.2. The van der Waals surface area contributed by atoms with Crippen molar-refractivity contribution in [2.45, 2.75) is 77.7 Å². The van der Waals surface area contributed by atoms with Gasteiger partial charge >= 0.3 is 0 Å². The maximum Gasteiger partial charge on any atom is 0.0543 e. The van der Waals surface area contributed by atoms with Gasteiger partial charge in [0.05, 0.1) is 6.10 Å². The molecular formula is C19H32N2O. The van der Waals surface area contributed by atoms with E-state index in [1.165, 1.54) is 37.8 Å². The number of fused-ring (bicyclic) bond motifs is 5. The van der Waals surface area contributed by atoms with Gasteiger partial charge in [0.25, 0.3) is 0 Å². The molecule has 3 N–H and O–H groups in total. The van der Waals surface area contributed by atoms with Crippen molar-refractivity contribution in [1.82, 2.24) is 0 Å². The molecule has 124 valence electrons. The highest BCUT2D eigenvalue weighted by molar-refractivity contribution is 5.89. The Balaban J connectivity index is 1.72. The molecule has 4 rings (SSSR count). The van der Waals surface area contributed by atoms with Gasteiger partial charge < -0.3 is 10.9 Å². The Hall–Kier alpha value is -0.570. The van der Waals surface area contributed by atoms with Crippen LogP contribution in [0.15, 0.2) is 5.10 Å². The second-order valence-corrected chi connectivity index (χ2v) is 9.30. The van der Waals surface area contributed by atoms with E-state index in [2.05, 4.69) is 18.9 Å². The van der Waals surface area contributed by atoms with E-state index in [0.717, 1.165) is 37.5 Å². The van der Waals surface area contributed by atoms with E-state index in [0.29, 0.717) is 22.7 Å². The van der Waals surface area contributed by atoms with Crippen molar-refractivity contribution in [3.63, 3.8) is 0 Å². The first-order valence-electron chi connectivity index (χ1n) is 9.43. The molecule has 0 aromatic carbocycles. The number of nitrogens with zero attached hydrogens (tertiary/aromatic N) is 1. The van der Waals surface area contributed by atoms with Gasteiger partial charge in [-0.25, -0.2) is 0 Å². The zero-order valence-corrected chi connectivity index (χ0v) is 14.2. The molecule has 4 aliphatic rings. The SMILES string of the molecule is C[C@@]12CCC[C@H]1[C@@H]1CC[C@H]3C[C@@H](O)CC[C@]3(C)[C@H]1/C(=N\N)C2. The molecule has 3 heteroatoms. The highest BCUT2D eigenvalue weighted by atomic mass is 16.3. The van der Waals surface area contributed by atoms with Gasteiger partial charge in [-0.15, -0.1) is 0 Å². The average molecular weight is 304 g/mol. The minimum atomic E-state index is -0.0757. The third kappa shape index (κ3) is 1.93. The number of aliphatic hydroxyl groups excluding tert-OH is 1. The molecule has 7 atom stereocenters. The van der Waals surface area contributed by atoms with Gasteiger partial charge in [-0.2, -0.15) is 5.10 Å². The Morgan fingerprint density at radius 1 is 1.14 bits per heavy atom. The number of hydrogen-bond acceptors (Lipinski definition) is 3. The van der Waals surface area contributed by atoms with Crippen LogP contribution in [-0.2, 0) is 0 Å². The summed E-state index contributed by atoms with van der Waals surface area (Å²) in [5, 5.41) is 14.5. The molecule has 0 heterocycles. The summed E-state index contributed by atoms with van der Waals surface area (Å²) in [6.45, 7) is 4.98. The molecule has 4 fully saturated rings. The molecule has 0 spiro atoms. The first-order valence-corrected chi connectivity index (χ1v) is 9.43. The molecule has 0 radical (unpaired) electrons.